The Kier molecular flexibility index (Phi) is 4.34. The molecule has 1 aromatic heterocycles. The van der Waals surface area contributed by atoms with Gasteiger partial charge in [-0.3, -0.25) is 0 Å². The molecule has 0 bridgehead atoms. The first-order valence-electron chi connectivity index (χ1n) is 4.38. The molecule has 0 aliphatic carbocycles. The number of ether oxygens (including phenoxy) is 3. The highest BCUT2D eigenvalue weighted by Crippen LogP contribution is 2.08. The lowest BCUT2D eigenvalue weighted by atomic mass is 10.6. The molecule has 1 rings (SSSR count). The molecule has 6 nitrogen and oxygen atoms in total. The maximum absolute atomic E-state index is 5.29. The minimum Gasteiger partial charge on any atom is -0.477 e. The maximum Gasteiger partial charge on any atom is 0.232 e. The van der Waals surface area contributed by atoms with Crippen molar-refractivity contribution in [3.05, 3.63) is 6.20 Å². The second-order valence-electron chi connectivity index (χ2n) is 2.59. The minimum atomic E-state index is -0.337. The highest BCUT2D eigenvalue weighted by Gasteiger charge is 2.11. The summed E-state index contributed by atoms with van der Waals surface area (Å²) in [5, 5.41) is 7.59. The number of hydrogen-bond acceptors (Lipinski definition) is 5. The van der Waals surface area contributed by atoms with Crippen molar-refractivity contribution in [2.75, 3.05) is 20.8 Å². The Morgan fingerprint density at radius 2 is 2.14 bits per heavy atom. The molecule has 0 radical (unpaired) electrons. The van der Waals surface area contributed by atoms with E-state index in [1.165, 1.54) is 0 Å². The zero-order valence-electron chi connectivity index (χ0n) is 8.64. The molecule has 1 aromatic rings. The van der Waals surface area contributed by atoms with Crippen LogP contribution >= 0.6 is 0 Å². The Hall–Kier alpha value is -1.14. The highest BCUT2D eigenvalue weighted by atomic mass is 16.7. The molecule has 0 fully saturated rings. The monoisotopic (exact) mass is 201 g/mol. The third kappa shape index (κ3) is 2.68. The van der Waals surface area contributed by atoms with Crippen LogP contribution in [0.2, 0.25) is 0 Å². The summed E-state index contributed by atoms with van der Waals surface area (Å²) in [5.74, 6) is 0.617. The van der Waals surface area contributed by atoms with E-state index in [4.69, 9.17) is 14.2 Å². The zero-order chi connectivity index (χ0) is 10.4. The Morgan fingerprint density at radius 3 is 2.71 bits per heavy atom. The summed E-state index contributed by atoms with van der Waals surface area (Å²) >= 11 is 0. The predicted octanol–water partition coefficient (Wildman–Crippen LogP) is 0.296. The Bertz CT molecular complexity index is 260. The van der Waals surface area contributed by atoms with Gasteiger partial charge >= 0.3 is 0 Å². The zero-order valence-corrected chi connectivity index (χ0v) is 8.64. The molecule has 0 spiro atoms. The summed E-state index contributed by atoms with van der Waals surface area (Å²) in [6.45, 7) is 2.95. The van der Waals surface area contributed by atoms with E-state index in [2.05, 4.69) is 10.3 Å². The third-order valence-electron chi connectivity index (χ3n) is 1.72. The molecule has 80 valence electrons. The van der Waals surface area contributed by atoms with Crippen molar-refractivity contribution in [3.8, 4) is 5.88 Å². The average Bonchev–Trinajstić information content (AvgIpc) is 2.62. The fourth-order valence-electron chi connectivity index (χ4n) is 1.02. The second-order valence-corrected chi connectivity index (χ2v) is 2.59. The van der Waals surface area contributed by atoms with E-state index in [0.717, 1.165) is 0 Å². The highest BCUT2D eigenvalue weighted by molar-refractivity contribution is 5.01. The van der Waals surface area contributed by atoms with Crippen LogP contribution in [0.5, 0.6) is 5.88 Å². The van der Waals surface area contributed by atoms with Crippen molar-refractivity contribution in [2.24, 2.45) is 0 Å². The molecule has 14 heavy (non-hydrogen) atoms. The molecule has 0 aliphatic rings. The van der Waals surface area contributed by atoms with Gasteiger partial charge < -0.3 is 14.2 Å². The van der Waals surface area contributed by atoms with Gasteiger partial charge in [0.1, 0.15) is 6.20 Å². The Morgan fingerprint density at radius 1 is 1.43 bits per heavy atom. The largest absolute Gasteiger partial charge is 0.477 e. The summed E-state index contributed by atoms with van der Waals surface area (Å²) in [6, 6.07) is 0. The van der Waals surface area contributed by atoms with Crippen LogP contribution in [0.4, 0.5) is 0 Å². The summed E-state index contributed by atoms with van der Waals surface area (Å²) in [4.78, 5) is 0. The molecule has 0 aliphatic heterocycles. The average molecular weight is 201 g/mol. The molecular weight excluding hydrogens is 186 g/mol. The van der Waals surface area contributed by atoms with E-state index < -0.39 is 0 Å². The SMILES string of the molecule is CCOc1cnnn1CC(OC)OC. The summed E-state index contributed by atoms with van der Waals surface area (Å²) in [7, 11) is 3.15. The standard InChI is InChI=1S/C8H15N3O3/c1-4-14-7-5-9-10-11(7)6-8(12-2)13-3/h5,8H,4,6H2,1-3H3. The van der Waals surface area contributed by atoms with Crippen molar-refractivity contribution in [2.45, 2.75) is 19.8 Å². The van der Waals surface area contributed by atoms with Gasteiger partial charge in [-0.1, -0.05) is 5.21 Å². The molecule has 6 heteroatoms. The molecule has 0 aromatic carbocycles. The van der Waals surface area contributed by atoms with Crippen LogP contribution in [0.25, 0.3) is 0 Å². The first-order chi connectivity index (χ1) is 6.81. The minimum absolute atomic E-state index is 0.337. The lowest BCUT2D eigenvalue weighted by molar-refractivity contribution is -0.113. The van der Waals surface area contributed by atoms with Crippen molar-refractivity contribution >= 4 is 0 Å². The van der Waals surface area contributed by atoms with Gasteiger partial charge in [0.05, 0.1) is 13.2 Å². The van der Waals surface area contributed by atoms with Gasteiger partial charge in [-0.2, -0.15) is 0 Å². The van der Waals surface area contributed by atoms with Crippen LogP contribution in [0.3, 0.4) is 0 Å². The topological polar surface area (TPSA) is 58.4 Å². The van der Waals surface area contributed by atoms with E-state index in [-0.39, 0.29) is 6.29 Å². The summed E-state index contributed by atoms with van der Waals surface area (Å²) in [6.07, 6.45) is 1.22. The first-order valence-corrected chi connectivity index (χ1v) is 4.38. The number of nitrogens with zero attached hydrogens (tertiary/aromatic N) is 3. The fourth-order valence-corrected chi connectivity index (χ4v) is 1.02. The van der Waals surface area contributed by atoms with E-state index in [1.54, 1.807) is 25.1 Å². The van der Waals surface area contributed by atoms with Crippen LogP contribution < -0.4 is 4.74 Å². The first kappa shape index (κ1) is 10.9. The van der Waals surface area contributed by atoms with E-state index in [1.807, 2.05) is 6.92 Å². The number of methoxy groups -OCH3 is 2. The molecule has 0 amide bonds. The van der Waals surface area contributed by atoms with E-state index in [0.29, 0.717) is 19.0 Å². The molecule has 0 saturated carbocycles. The van der Waals surface area contributed by atoms with Crippen LogP contribution in [-0.2, 0) is 16.0 Å². The predicted molar refractivity (Wildman–Crippen MR) is 49.0 cm³/mol. The lowest BCUT2D eigenvalue weighted by Crippen LogP contribution is -2.22. The van der Waals surface area contributed by atoms with Crippen LogP contribution in [0.15, 0.2) is 6.20 Å². The third-order valence-corrected chi connectivity index (χ3v) is 1.72. The normalized spacial score (nSPS) is 10.9. The van der Waals surface area contributed by atoms with Crippen molar-refractivity contribution in [1.82, 2.24) is 15.0 Å². The molecule has 0 N–H and O–H groups in total. The van der Waals surface area contributed by atoms with Gasteiger partial charge in [0.15, 0.2) is 6.29 Å². The molecule has 0 saturated heterocycles. The van der Waals surface area contributed by atoms with Crippen LogP contribution in [0.1, 0.15) is 6.92 Å². The Balaban J connectivity index is 2.60. The van der Waals surface area contributed by atoms with Crippen molar-refractivity contribution in [1.29, 1.82) is 0 Å². The van der Waals surface area contributed by atoms with Gasteiger partial charge in [-0.05, 0) is 6.92 Å². The summed E-state index contributed by atoms with van der Waals surface area (Å²) in [5.41, 5.74) is 0. The maximum atomic E-state index is 5.29. The van der Waals surface area contributed by atoms with Gasteiger partial charge in [0, 0.05) is 14.2 Å². The van der Waals surface area contributed by atoms with E-state index in [9.17, 15) is 0 Å². The Labute approximate surface area is 82.8 Å². The van der Waals surface area contributed by atoms with Crippen LogP contribution in [-0.4, -0.2) is 42.1 Å². The van der Waals surface area contributed by atoms with Gasteiger partial charge in [-0.25, -0.2) is 4.68 Å². The smallest absolute Gasteiger partial charge is 0.232 e. The second kappa shape index (κ2) is 5.56. The molecule has 0 atom stereocenters. The number of hydrogen-bond donors (Lipinski definition) is 0. The fraction of sp³-hybridized carbons (Fsp3) is 0.750. The van der Waals surface area contributed by atoms with Crippen LogP contribution in [0, 0.1) is 0 Å². The molecule has 1 heterocycles. The summed E-state index contributed by atoms with van der Waals surface area (Å²) < 4.78 is 17.0. The van der Waals surface area contributed by atoms with Gasteiger partial charge in [-0.15, -0.1) is 5.10 Å². The van der Waals surface area contributed by atoms with Gasteiger partial charge in [0.25, 0.3) is 0 Å². The van der Waals surface area contributed by atoms with E-state index >= 15 is 0 Å². The van der Waals surface area contributed by atoms with Gasteiger partial charge in [0.2, 0.25) is 5.88 Å². The van der Waals surface area contributed by atoms with Crippen molar-refractivity contribution < 1.29 is 14.2 Å². The molecular formula is C8H15N3O3. The molecule has 0 unspecified atom stereocenters. The number of aromatic nitrogens is 3. The van der Waals surface area contributed by atoms with Crippen molar-refractivity contribution in [3.63, 3.8) is 0 Å². The lowest BCUT2D eigenvalue weighted by Gasteiger charge is -2.13. The number of rotatable bonds is 6. The quantitative estimate of drug-likeness (QED) is 0.619.